The van der Waals surface area contributed by atoms with E-state index < -0.39 is 0 Å². The van der Waals surface area contributed by atoms with Gasteiger partial charge >= 0.3 is 0 Å². The van der Waals surface area contributed by atoms with Gasteiger partial charge in [0.2, 0.25) is 0 Å². The molecule has 2 aliphatic heterocycles. The molecule has 3 heteroatoms. The van der Waals surface area contributed by atoms with E-state index in [2.05, 4.69) is 17.0 Å². The topological polar surface area (TPSA) is 29.3 Å². The average molecular weight is 265 g/mol. The monoisotopic (exact) mass is 264 g/mol. The predicted molar refractivity (Wildman–Crippen MR) is 75.6 cm³/mol. The van der Waals surface area contributed by atoms with Gasteiger partial charge in [0.1, 0.15) is 0 Å². The van der Waals surface area contributed by atoms with Crippen LogP contribution in [-0.4, -0.2) is 23.5 Å². The molecule has 0 aromatic heterocycles. The fraction of sp³-hybridized carbons (Fsp3) is 0.600. The van der Waals surface area contributed by atoms with Crippen molar-refractivity contribution in [3.05, 3.63) is 34.9 Å². The van der Waals surface area contributed by atoms with Crippen LogP contribution in [0.2, 0.25) is 5.02 Å². The molecule has 2 bridgehead atoms. The highest BCUT2D eigenvalue weighted by atomic mass is 35.5. The molecule has 2 aliphatic rings. The summed E-state index contributed by atoms with van der Waals surface area (Å²) in [4.78, 5) is 2.66. The lowest BCUT2D eigenvalue weighted by Crippen LogP contribution is -2.43. The molecule has 0 aliphatic carbocycles. The molecule has 1 aromatic rings. The Labute approximate surface area is 114 Å². The lowest BCUT2D eigenvalue weighted by molar-refractivity contribution is 0.0989. The van der Waals surface area contributed by atoms with E-state index in [0.29, 0.717) is 0 Å². The second kappa shape index (κ2) is 5.20. The Hall–Kier alpha value is -0.570. The van der Waals surface area contributed by atoms with E-state index in [9.17, 15) is 0 Å². The summed E-state index contributed by atoms with van der Waals surface area (Å²) in [6.45, 7) is 1.86. The summed E-state index contributed by atoms with van der Waals surface area (Å²) in [7, 11) is 0. The fourth-order valence-electron chi connectivity index (χ4n) is 3.66. The van der Waals surface area contributed by atoms with Crippen LogP contribution in [-0.2, 0) is 6.54 Å². The molecule has 0 saturated carbocycles. The van der Waals surface area contributed by atoms with Crippen molar-refractivity contribution < 1.29 is 0 Å². The van der Waals surface area contributed by atoms with Crippen molar-refractivity contribution in [3.63, 3.8) is 0 Å². The van der Waals surface area contributed by atoms with E-state index in [1.54, 1.807) is 0 Å². The zero-order valence-electron chi connectivity index (χ0n) is 10.7. The number of fused-ring (bicyclic) bond motifs is 2. The molecule has 18 heavy (non-hydrogen) atoms. The standard InChI is InChI=1S/C15H21ClN2/c16-15-4-2-1-3-12(15)10-18-13-5-6-14(18)8-11(7-13)9-17/h1-4,11,13-14H,5-10,17H2. The summed E-state index contributed by atoms with van der Waals surface area (Å²) in [5.41, 5.74) is 7.10. The molecule has 2 unspecified atom stereocenters. The summed E-state index contributed by atoms with van der Waals surface area (Å²) in [5.74, 6) is 0.741. The maximum Gasteiger partial charge on any atom is 0.0451 e. The number of nitrogens with zero attached hydrogens (tertiary/aromatic N) is 1. The van der Waals surface area contributed by atoms with Crippen molar-refractivity contribution >= 4 is 11.6 Å². The van der Waals surface area contributed by atoms with E-state index in [-0.39, 0.29) is 0 Å². The van der Waals surface area contributed by atoms with Gasteiger partial charge in [-0.15, -0.1) is 0 Å². The van der Waals surface area contributed by atoms with Crippen molar-refractivity contribution in [2.75, 3.05) is 6.54 Å². The molecule has 0 spiro atoms. The van der Waals surface area contributed by atoms with Gasteiger partial charge in [0.05, 0.1) is 0 Å². The van der Waals surface area contributed by atoms with Gasteiger partial charge in [-0.05, 0) is 49.8 Å². The largest absolute Gasteiger partial charge is 0.330 e. The van der Waals surface area contributed by atoms with Gasteiger partial charge in [0, 0.05) is 23.7 Å². The minimum atomic E-state index is 0.730. The SMILES string of the molecule is NCC1CC2CCC(C1)N2Cc1ccccc1Cl. The molecule has 98 valence electrons. The second-order valence-corrected chi connectivity index (χ2v) is 6.13. The third-order valence-electron chi connectivity index (χ3n) is 4.63. The van der Waals surface area contributed by atoms with Crippen molar-refractivity contribution in [3.8, 4) is 0 Å². The van der Waals surface area contributed by atoms with Crippen LogP contribution in [0.1, 0.15) is 31.2 Å². The Morgan fingerprint density at radius 2 is 1.83 bits per heavy atom. The first-order valence-corrected chi connectivity index (χ1v) is 7.35. The van der Waals surface area contributed by atoms with E-state index >= 15 is 0 Å². The molecule has 1 aromatic carbocycles. The highest BCUT2D eigenvalue weighted by Gasteiger charge is 2.39. The Morgan fingerprint density at radius 1 is 1.17 bits per heavy atom. The first-order valence-electron chi connectivity index (χ1n) is 6.97. The molecular weight excluding hydrogens is 244 g/mol. The molecule has 0 radical (unpaired) electrons. The number of hydrogen-bond donors (Lipinski definition) is 1. The van der Waals surface area contributed by atoms with Gasteiger partial charge in [-0.3, -0.25) is 4.90 Å². The molecule has 2 nitrogen and oxygen atoms in total. The second-order valence-electron chi connectivity index (χ2n) is 5.72. The van der Waals surface area contributed by atoms with Gasteiger partial charge in [-0.25, -0.2) is 0 Å². The molecule has 0 amide bonds. The van der Waals surface area contributed by atoms with Crippen LogP contribution in [0.25, 0.3) is 0 Å². The van der Waals surface area contributed by atoms with Gasteiger partial charge in [-0.1, -0.05) is 29.8 Å². The molecule has 2 heterocycles. The first kappa shape index (κ1) is 12.5. The van der Waals surface area contributed by atoms with Gasteiger partial charge in [0.25, 0.3) is 0 Å². The van der Waals surface area contributed by atoms with Crippen LogP contribution >= 0.6 is 11.6 Å². The van der Waals surface area contributed by atoms with Crippen LogP contribution in [0, 0.1) is 5.92 Å². The maximum atomic E-state index is 6.27. The number of hydrogen-bond acceptors (Lipinski definition) is 2. The van der Waals surface area contributed by atoms with Crippen molar-refractivity contribution in [2.45, 2.75) is 44.3 Å². The van der Waals surface area contributed by atoms with Crippen LogP contribution in [0.4, 0.5) is 0 Å². The van der Waals surface area contributed by atoms with Gasteiger partial charge in [-0.2, -0.15) is 0 Å². The average Bonchev–Trinajstić information content (AvgIpc) is 2.63. The van der Waals surface area contributed by atoms with E-state index in [0.717, 1.165) is 36.1 Å². The van der Waals surface area contributed by atoms with Crippen molar-refractivity contribution in [1.82, 2.24) is 4.90 Å². The first-order chi connectivity index (χ1) is 8.78. The van der Waals surface area contributed by atoms with Crippen molar-refractivity contribution in [2.24, 2.45) is 11.7 Å². The Balaban J connectivity index is 1.73. The zero-order chi connectivity index (χ0) is 12.5. The van der Waals surface area contributed by atoms with Crippen LogP contribution in [0.3, 0.4) is 0 Å². The number of benzene rings is 1. The molecule has 2 saturated heterocycles. The minimum Gasteiger partial charge on any atom is -0.330 e. The van der Waals surface area contributed by atoms with Crippen LogP contribution in [0.5, 0.6) is 0 Å². The Kier molecular flexibility index (Phi) is 3.60. The highest BCUT2D eigenvalue weighted by Crippen LogP contribution is 2.39. The molecular formula is C15H21ClN2. The third kappa shape index (κ3) is 2.29. The smallest absolute Gasteiger partial charge is 0.0451 e. The predicted octanol–water partition coefficient (Wildman–Crippen LogP) is 3.04. The van der Waals surface area contributed by atoms with Gasteiger partial charge in [0.15, 0.2) is 0 Å². The molecule has 2 atom stereocenters. The summed E-state index contributed by atoms with van der Waals surface area (Å²) in [6.07, 6.45) is 5.23. The minimum absolute atomic E-state index is 0.730. The lowest BCUT2D eigenvalue weighted by atomic mass is 9.90. The van der Waals surface area contributed by atoms with E-state index in [4.69, 9.17) is 17.3 Å². The molecule has 2 N–H and O–H groups in total. The number of halogens is 1. The molecule has 3 rings (SSSR count). The number of piperidine rings is 1. The van der Waals surface area contributed by atoms with Gasteiger partial charge < -0.3 is 5.73 Å². The van der Waals surface area contributed by atoms with Crippen LogP contribution < -0.4 is 5.73 Å². The summed E-state index contributed by atoms with van der Waals surface area (Å²) in [6, 6.07) is 9.68. The summed E-state index contributed by atoms with van der Waals surface area (Å²) in [5, 5.41) is 0.901. The fourth-order valence-corrected chi connectivity index (χ4v) is 3.86. The summed E-state index contributed by atoms with van der Waals surface area (Å²) >= 11 is 6.27. The Morgan fingerprint density at radius 3 is 2.44 bits per heavy atom. The zero-order valence-corrected chi connectivity index (χ0v) is 11.4. The quantitative estimate of drug-likeness (QED) is 0.909. The highest BCUT2D eigenvalue weighted by molar-refractivity contribution is 6.31. The number of rotatable bonds is 3. The van der Waals surface area contributed by atoms with Crippen molar-refractivity contribution in [1.29, 1.82) is 0 Å². The maximum absolute atomic E-state index is 6.27. The lowest BCUT2D eigenvalue weighted by Gasteiger charge is -2.38. The van der Waals surface area contributed by atoms with E-state index in [1.165, 1.54) is 31.2 Å². The number of nitrogens with two attached hydrogens (primary N) is 1. The van der Waals surface area contributed by atoms with Crippen LogP contribution in [0.15, 0.2) is 24.3 Å². The molecule has 2 fully saturated rings. The summed E-state index contributed by atoms with van der Waals surface area (Å²) < 4.78 is 0. The normalized spacial score (nSPS) is 31.8. The third-order valence-corrected chi connectivity index (χ3v) is 4.99. The van der Waals surface area contributed by atoms with E-state index in [1.807, 2.05) is 12.1 Å². The Bertz CT molecular complexity index is 407.